The summed E-state index contributed by atoms with van der Waals surface area (Å²) in [4.78, 5) is 18.9. The molecule has 1 heterocycles. The van der Waals surface area contributed by atoms with Gasteiger partial charge in [0.1, 0.15) is 10.7 Å². The van der Waals surface area contributed by atoms with E-state index < -0.39 is 0 Å². The van der Waals surface area contributed by atoms with E-state index in [2.05, 4.69) is 29.0 Å². The number of carbonyl (C=O) groups excluding carboxylic acids is 1. The van der Waals surface area contributed by atoms with Crippen LogP contribution in [0.1, 0.15) is 36.4 Å². The van der Waals surface area contributed by atoms with Crippen molar-refractivity contribution in [3.63, 3.8) is 0 Å². The first-order chi connectivity index (χ1) is 8.65. The van der Waals surface area contributed by atoms with Crippen molar-refractivity contribution in [3.8, 4) is 0 Å². The lowest BCUT2D eigenvalue weighted by atomic mass is 10.4. The Morgan fingerprint density at radius 2 is 2.17 bits per heavy atom. The van der Waals surface area contributed by atoms with Crippen molar-refractivity contribution in [2.24, 2.45) is 5.92 Å². The lowest BCUT2D eigenvalue weighted by molar-refractivity contribution is 0.0956. The third kappa shape index (κ3) is 2.93. The first kappa shape index (κ1) is 13.1. The normalized spacial score (nSPS) is 14.6. The van der Waals surface area contributed by atoms with E-state index in [4.69, 9.17) is 5.73 Å². The van der Waals surface area contributed by atoms with E-state index in [1.807, 2.05) is 0 Å². The molecule has 1 fully saturated rings. The predicted octanol–water partition coefficient (Wildman–Crippen LogP) is 1.71. The van der Waals surface area contributed by atoms with E-state index in [0.29, 0.717) is 16.6 Å². The number of aromatic nitrogens is 1. The fraction of sp³-hybridized carbons (Fsp3) is 0.667. The number of amides is 1. The Hall–Kier alpha value is -1.30. The number of nitrogens with zero attached hydrogens (tertiary/aromatic N) is 2. The van der Waals surface area contributed by atoms with E-state index in [1.54, 1.807) is 0 Å². The zero-order valence-electron chi connectivity index (χ0n) is 10.9. The van der Waals surface area contributed by atoms with Gasteiger partial charge in [-0.15, -0.1) is 0 Å². The van der Waals surface area contributed by atoms with E-state index in [1.165, 1.54) is 24.2 Å². The molecule has 1 aliphatic rings. The molecule has 0 radical (unpaired) electrons. The second kappa shape index (κ2) is 5.56. The molecule has 100 valence electrons. The van der Waals surface area contributed by atoms with Gasteiger partial charge >= 0.3 is 0 Å². The summed E-state index contributed by atoms with van der Waals surface area (Å²) in [5.74, 6) is 0.927. The molecule has 0 aliphatic heterocycles. The van der Waals surface area contributed by atoms with Gasteiger partial charge in [0.2, 0.25) is 0 Å². The molecule has 0 aromatic carbocycles. The highest BCUT2D eigenvalue weighted by Crippen LogP contribution is 2.30. The smallest absolute Gasteiger partial charge is 0.265 e. The van der Waals surface area contributed by atoms with Gasteiger partial charge < -0.3 is 16.0 Å². The lowest BCUT2D eigenvalue weighted by Gasteiger charge is -2.16. The van der Waals surface area contributed by atoms with Gasteiger partial charge in [-0.1, -0.05) is 11.3 Å². The minimum absolute atomic E-state index is 0.0877. The SMILES string of the molecule is CCN(CC)c1nc(N)c(C(=O)NCC2CC2)s1. The Morgan fingerprint density at radius 3 is 2.72 bits per heavy atom. The maximum atomic E-state index is 12.0. The molecule has 0 spiro atoms. The first-order valence-electron chi connectivity index (χ1n) is 6.45. The standard InChI is InChI=1S/C12H20N4OS/c1-3-16(4-2)12-15-10(13)9(18-12)11(17)14-7-8-5-6-8/h8H,3-7,13H2,1-2H3,(H,14,17). The Bertz CT molecular complexity index is 424. The highest BCUT2D eigenvalue weighted by Gasteiger charge is 2.24. The van der Waals surface area contributed by atoms with E-state index in [-0.39, 0.29) is 5.91 Å². The van der Waals surface area contributed by atoms with Crippen LogP contribution in [0.4, 0.5) is 10.9 Å². The number of hydrogen-bond donors (Lipinski definition) is 2. The summed E-state index contributed by atoms with van der Waals surface area (Å²) >= 11 is 1.37. The van der Waals surface area contributed by atoms with Gasteiger partial charge in [-0.2, -0.15) is 0 Å². The van der Waals surface area contributed by atoms with Gasteiger partial charge in [0.25, 0.3) is 5.91 Å². The van der Waals surface area contributed by atoms with Crippen molar-refractivity contribution >= 4 is 28.2 Å². The summed E-state index contributed by atoms with van der Waals surface area (Å²) in [6.07, 6.45) is 2.45. The van der Waals surface area contributed by atoms with Crippen LogP contribution in [0.2, 0.25) is 0 Å². The molecule has 1 amide bonds. The van der Waals surface area contributed by atoms with Gasteiger partial charge in [0.15, 0.2) is 5.13 Å². The molecule has 1 aromatic rings. The van der Waals surface area contributed by atoms with Crippen LogP contribution in [0.25, 0.3) is 0 Å². The van der Waals surface area contributed by atoms with Crippen molar-refractivity contribution < 1.29 is 4.79 Å². The molecule has 5 nitrogen and oxygen atoms in total. The number of thiazole rings is 1. The van der Waals surface area contributed by atoms with E-state index in [0.717, 1.165) is 24.8 Å². The maximum absolute atomic E-state index is 12.0. The largest absolute Gasteiger partial charge is 0.382 e. The van der Waals surface area contributed by atoms with Crippen LogP contribution in [0.5, 0.6) is 0 Å². The van der Waals surface area contributed by atoms with Crippen molar-refractivity contribution in [2.75, 3.05) is 30.3 Å². The van der Waals surface area contributed by atoms with Crippen LogP contribution in [-0.2, 0) is 0 Å². The summed E-state index contributed by atoms with van der Waals surface area (Å²) in [6.45, 7) is 6.62. The Labute approximate surface area is 111 Å². The number of hydrogen-bond acceptors (Lipinski definition) is 5. The number of anilines is 2. The first-order valence-corrected chi connectivity index (χ1v) is 7.26. The summed E-state index contributed by atoms with van der Waals surface area (Å²) in [6, 6.07) is 0. The molecule has 1 aromatic heterocycles. The molecule has 0 atom stereocenters. The quantitative estimate of drug-likeness (QED) is 0.824. The number of nitrogens with two attached hydrogens (primary N) is 1. The molecule has 0 bridgehead atoms. The molecule has 0 saturated heterocycles. The average Bonchev–Trinajstić information content (AvgIpc) is 3.11. The van der Waals surface area contributed by atoms with Gasteiger partial charge in [-0.05, 0) is 32.6 Å². The zero-order valence-corrected chi connectivity index (χ0v) is 11.7. The molecular formula is C12H20N4OS. The van der Waals surface area contributed by atoms with Crippen molar-refractivity contribution in [2.45, 2.75) is 26.7 Å². The van der Waals surface area contributed by atoms with Crippen LogP contribution in [-0.4, -0.2) is 30.5 Å². The number of nitrogen functional groups attached to an aromatic ring is 1. The summed E-state index contributed by atoms with van der Waals surface area (Å²) in [7, 11) is 0. The predicted molar refractivity (Wildman–Crippen MR) is 75.1 cm³/mol. The molecule has 0 unspecified atom stereocenters. The average molecular weight is 268 g/mol. The summed E-state index contributed by atoms with van der Waals surface area (Å²) < 4.78 is 0. The minimum Gasteiger partial charge on any atom is -0.382 e. The van der Waals surface area contributed by atoms with Crippen LogP contribution >= 0.6 is 11.3 Å². The highest BCUT2D eigenvalue weighted by atomic mass is 32.1. The lowest BCUT2D eigenvalue weighted by Crippen LogP contribution is -2.25. The molecule has 1 aliphatic carbocycles. The Kier molecular flexibility index (Phi) is 4.06. The van der Waals surface area contributed by atoms with E-state index >= 15 is 0 Å². The van der Waals surface area contributed by atoms with Crippen molar-refractivity contribution in [1.29, 1.82) is 0 Å². The third-order valence-electron chi connectivity index (χ3n) is 3.13. The fourth-order valence-electron chi connectivity index (χ4n) is 1.75. The third-order valence-corrected chi connectivity index (χ3v) is 4.26. The van der Waals surface area contributed by atoms with Crippen molar-refractivity contribution in [3.05, 3.63) is 4.88 Å². The Morgan fingerprint density at radius 1 is 1.50 bits per heavy atom. The van der Waals surface area contributed by atoms with E-state index in [9.17, 15) is 4.79 Å². The molecule has 18 heavy (non-hydrogen) atoms. The van der Waals surface area contributed by atoms with Gasteiger partial charge in [0, 0.05) is 19.6 Å². The molecule has 6 heteroatoms. The number of carbonyl (C=O) groups is 1. The van der Waals surface area contributed by atoms with Gasteiger partial charge in [-0.25, -0.2) is 4.98 Å². The fourth-order valence-corrected chi connectivity index (χ4v) is 2.78. The topological polar surface area (TPSA) is 71.2 Å². The van der Waals surface area contributed by atoms with Crippen LogP contribution in [0, 0.1) is 5.92 Å². The van der Waals surface area contributed by atoms with Crippen LogP contribution < -0.4 is 16.0 Å². The molecule has 2 rings (SSSR count). The maximum Gasteiger partial charge on any atom is 0.265 e. The second-order valence-electron chi connectivity index (χ2n) is 4.54. The molecule has 3 N–H and O–H groups in total. The highest BCUT2D eigenvalue weighted by molar-refractivity contribution is 7.18. The monoisotopic (exact) mass is 268 g/mol. The number of nitrogens with one attached hydrogen (secondary N) is 1. The Balaban J connectivity index is 2.04. The molecular weight excluding hydrogens is 248 g/mol. The van der Waals surface area contributed by atoms with Crippen LogP contribution in [0.3, 0.4) is 0 Å². The zero-order chi connectivity index (χ0) is 13.1. The van der Waals surface area contributed by atoms with Crippen molar-refractivity contribution in [1.82, 2.24) is 10.3 Å². The molecule has 1 saturated carbocycles. The summed E-state index contributed by atoms with van der Waals surface area (Å²) in [5, 5.41) is 3.75. The second-order valence-corrected chi connectivity index (χ2v) is 5.51. The van der Waals surface area contributed by atoms with Crippen LogP contribution in [0.15, 0.2) is 0 Å². The number of rotatable bonds is 6. The van der Waals surface area contributed by atoms with Gasteiger partial charge in [0.05, 0.1) is 0 Å². The summed E-state index contributed by atoms with van der Waals surface area (Å²) in [5.41, 5.74) is 5.82. The minimum atomic E-state index is -0.0877. The van der Waals surface area contributed by atoms with Gasteiger partial charge in [-0.3, -0.25) is 4.79 Å².